The van der Waals surface area contributed by atoms with Crippen LogP contribution in [0.15, 0.2) is 34.8 Å². The van der Waals surface area contributed by atoms with E-state index in [4.69, 9.17) is 4.98 Å². The fourth-order valence-corrected chi connectivity index (χ4v) is 4.18. The zero-order valence-corrected chi connectivity index (χ0v) is 19.7. The number of pyridine rings is 1. The summed E-state index contributed by atoms with van der Waals surface area (Å²) in [5, 5.41) is 18.4. The molecular formula is C19H27IN8S. The number of halogens is 1. The first-order chi connectivity index (χ1) is 13.8. The third-order valence-corrected chi connectivity index (χ3v) is 5.65. The third-order valence-electron chi connectivity index (χ3n) is 4.70. The van der Waals surface area contributed by atoms with E-state index in [0.717, 1.165) is 60.9 Å². The molecule has 0 saturated carbocycles. The van der Waals surface area contributed by atoms with E-state index in [-0.39, 0.29) is 24.0 Å². The summed E-state index contributed by atoms with van der Waals surface area (Å²) in [4.78, 5) is 11.8. The number of aromatic nitrogens is 4. The van der Waals surface area contributed by atoms with Crippen molar-refractivity contribution >= 4 is 52.1 Å². The maximum Gasteiger partial charge on any atom is 0.191 e. The van der Waals surface area contributed by atoms with Gasteiger partial charge in [-0.05, 0) is 31.9 Å². The summed E-state index contributed by atoms with van der Waals surface area (Å²) in [7, 11) is 0. The standard InChI is InChI=1S/C19H26N8S.HI/c1-2-20-18(22-13-17-25-24-16-7-3-4-12-27(16)17)21-9-8-15-14-28-19(23-15)26-10-5-6-11-26;/h3-4,7,12,14H,2,5-6,8-11,13H2,1H3,(H2,20,21,22);1H. The minimum Gasteiger partial charge on any atom is -0.357 e. The van der Waals surface area contributed by atoms with Gasteiger partial charge >= 0.3 is 0 Å². The first-order valence-corrected chi connectivity index (χ1v) is 10.7. The number of aliphatic imine (C=N–C) groups is 1. The number of thiazole rings is 1. The van der Waals surface area contributed by atoms with Crippen LogP contribution in [0.4, 0.5) is 5.13 Å². The minimum absolute atomic E-state index is 0. The fraction of sp³-hybridized carbons (Fsp3) is 0.474. The van der Waals surface area contributed by atoms with E-state index in [1.807, 2.05) is 28.8 Å². The average molecular weight is 526 g/mol. The first kappa shape index (κ1) is 21.8. The number of nitrogens with zero attached hydrogens (tertiary/aromatic N) is 6. The third kappa shape index (κ3) is 5.56. The summed E-state index contributed by atoms with van der Waals surface area (Å²) >= 11 is 1.75. The van der Waals surface area contributed by atoms with Crippen molar-refractivity contribution in [3.8, 4) is 0 Å². The molecule has 4 rings (SSSR count). The molecule has 4 heterocycles. The number of nitrogens with one attached hydrogen (secondary N) is 2. The highest BCUT2D eigenvalue weighted by Crippen LogP contribution is 2.24. The molecule has 2 N–H and O–H groups in total. The fourth-order valence-electron chi connectivity index (χ4n) is 3.26. The van der Waals surface area contributed by atoms with Crippen LogP contribution in [0, 0.1) is 0 Å². The maximum atomic E-state index is 4.78. The molecular weight excluding hydrogens is 499 g/mol. The van der Waals surface area contributed by atoms with E-state index in [9.17, 15) is 0 Å². The van der Waals surface area contributed by atoms with Gasteiger partial charge in [0.1, 0.15) is 6.54 Å². The molecule has 156 valence electrons. The number of hydrogen-bond acceptors (Lipinski definition) is 6. The molecule has 1 fully saturated rings. The van der Waals surface area contributed by atoms with Crippen LogP contribution < -0.4 is 15.5 Å². The lowest BCUT2D eigenvalue weighted by molar-refractivity contribution is 0.780. The van der Waals surface area contributed by atoms with Crippen LogP contribution in [0.5, 0.6) is 0 Å². The van der Waals surface area contributed by atoms with Crippen molar-refractivity contribution in [2.45, 2.75) is 32.7 Å². The van der Waals surface area contributed by atoms with Crippen LogP contribution in [-0.2, 0) is 13.0 Å². The summed E-state index contributed by atoms with van der Waals surface area (Å²) in [5.74, 6) is 1.60. The zero-order chi connectivity index (χ0) is 19.2. The smallest absolute Gasteiger partial charge is 0.191 e. The lowest BCUT2D eigenvalue weighted by Gasteiger charge is -2.12. The Kier molecular flexibility index (Phi) is 8.04. The Bertz CT molecular complexity index is 931. The molecule has 1 aliphatic rings. The topological polar surface area (TPSA) is 82.7 Å². The van der Waals surface area contributed by atoms with Gasteiger partial charge in [0.2, 0.25) is 0 Å². The van der Waals surface area contributed by atoms with Crippen LogP contribution in [0.1, 0.15) is 31.3 Å². The first-order valence-electron chi connectivity index (χ1n) is 9.83. The van der Waals surface area contributed by atoms with Crippen molar-refractivity contribution in [1.29, 1.82) is 0 Å². The van der Waals surface area contributed by atoms with E-state index in [2.05, 4.69) is 43.0 Å². The number of fused-ring (bicyclic) bond motifs is 1. The molecule has 0 spiro atoms. The molecule has 0 amide bonds. The van der Waals surface area contributed by atoms with Gasteiger partial charge in [-0.15, -0.1) is 45.5 Å². The predicted molar refractivity (Wildman–Crippen MR) is 128 cm³/mol. The Hall–Kier alpha value is -1.95. The van der Waals surface area contributed by atoms with Crippen molar-refractivity contribution in [3.05, 3.63) is 41.3 Å². The number of hydrogen-bond donors (Lipinski definition) is 2. The summed E-state index contributed by atoms with van der Waals surface area (Å²) < 4.78 is 1.96. The summed E-state index contributed by atoms with van der Waals surface area (Å²) in [6.07, 6.45) is 5.39. The second-order valence-electron chi connectivity index (χ2n) is 6.73. The van der Waals surface area contributed by atoms with Crippen molar-refractivity contribution in [1.82, 2.24) is 30.2 Å². The molecule has 8 nitrogen and oxygen atoms in total. The molecule has 0 aromatic carbocycles. The second-order valence-corrected chi connectivity index (χ2v) is 7.57. The van der Waals surface area contributed by atoms with Crippen molar-refractivity contribution < 1.29 is 0 Å². The molecule has 0 unspecified atom stereocenters. The minimum atomic E-state index is 0. The van der Waals surface area contributed by atoms with Crippen LogP contribution in [0.25, 0.3) is 5.65 Å². The van der Waals surface area contributed by atoms with Crippen LogP contribution in [0.3, 0.4) is 0 Å². The Labute approximate surface area is 191 Å². The second kappa shape index (κ2) is 10.7. The summed E-state index contributed by atoms with van der Waals surface area (Å²) in [6.45, 7) is 6.40. The Morgan fingerprint density at radius 3 is 2.90 bits per heavy atom. The number of guanidine groups is 1. The molecule has 1 aliphatic heterocycles. The van der Waals surface area contributed by atoms with Gasteiger partial charge in [-0.1, -0.05) is 6.07 Å². The van der Waals surface area contributed by atoms with Gasteiger partial charge in [0.25, 0.3) is 0 Å². The van der Waals surface area contributed by atoms with E-state index in [0.29, 0.717) is 6.54 Å². The molecule has 1 saturated heterocycles. The molecule has 0 atom stereocenters. The average Bonchev–Trinajstić information content (AvgIpc) is 3.46. The monoisotopic (exact) mass is 526 g/mol. The van der Waals surface area contributed by atoms with Gasteiger partial charge in [-0.2, -0.15) is 0 Å². The molecule has 3 aromatic rings. The van der Waals surface area contributed by atoms with Gasteiger partial charge in [0.05, 0.1) is 5.69 Å². The quantitative estimate of drug-likeness (QED) is 0.280. The van der Waals surface area contributed by atoms with Crippen LogP contribution in [-0.4, -0.2) is 51.7 Å². The maximum absolute atomic E-state index is 4.78. The van der Waals surface area contributed by atoms with Gasteiger partial charge in [0, 0.05) is 44.2 Å². The number of rotatable bonds is 7. The van der Waals surface area contributed by atoms with Crippen LogP contribution >= 0.6 is 35.3 Å². The molecule has 0 aliphatic carbocycles. The highest BCUT2D eigenvalue weighted by Gasteiger charge is 2.15. The molecule has 0 bridgehead atoms. The van der Waals surface area contributed by atoms with E-state index < -0.39 is 0 Å². The number of anilines is 1. The highest BCUT2D eigenvalue weighted by molar-refractivity contribution is 14.0. The molecule has 0 radical (unpaired) electrons. The zero-order valence-electron chi connectivity index (χ0n) is 16.5. The lowest BCUT2D eigenvalue weighted by atomic mass is 10.3. The summed E-state index contributed by atoms with van der Waals surface area (Å²) in [5.41, 5.74) is 1.97. The Morgan fingerprint density at radius 2 is 2.07 bits per heavy atom. The van der Waals surface area contributed by atoms with E-state index >= 15 is 0 Å². The van der Waals surface area contributed by atoms with E-state index in [1.165, 1.54) is 12.8 Å². The lowest BCUT2D eigenvalue weighted by Crippen LogP contribution is -2.38. The Balaban J connectivity index is 0.00000240. The molecule has 3 aromatic heterocycles. The normalized spacial score (nSPS) is 14.2. The van der Waals surface area contributed by atoms with Gasteiger partial charge in [-0.3, -0.25) is 4.40 Å². The van der Waals surface area contributed by atoms with Gasteiger partial charge in [0.15, 0.2) is 22.6 Å². The highest BCUT2D eigenvalue weighted by atomic mass is 127. The van der Waals surface area contributed by atoms with Crippen molar-refractivity contribution in [2.75, 3.05) is 31.1 Å². The van der Waals surface area contributed by atoms with Crippen molar-refractivity contribution in [3.63, 3.8) is 0 Å². The van der Waals surface area contributed by atoms with Crippen LogP contribution in [0.2, 0.25) is 0 Å². The van der Waals surface area contributed by atoms with Gasteiger partial charge < -0.3 is 15.5 Å². The van der Waals surface area contributed by atoms with E-state index in [1.54, 1.807) is 11.3 Å². The SMILES string of the molecule is CCNC(=NCc1nnc2ccccn12)NCCc1csc(N2CCCC2)n1.I. The largest absolute Gasteiger partial charge is 0.357 e. The van der Waals surface area contributed by atoms with Crippen molar-refractivity contribution in [2.24, 2.45) is 4.99 Å². The summed E-state index contributed by atoms with van der Waals surface area (Å²) in [6, 6.07) is 5.86. The molecule has 29 heavy (non-hydrogen) atoms. The predicted octanol–water partition coefficient (Wildman–Crippen LogP) is 2.70. The van der Waals surface area contributed by atoms with Gasteiger partial charge in [-0.25, -0.2) is 9.98 Å². The molecule has 10 heteroatoms. The Morgan fingerprint density at radius 1 is 1.21 bits per heavy atom.